The summed E-state index contributed by atoms with van der Waals surface area (Å²) in [5.41, 5.74) is 1.22. The van der Waals surface area contributed by atoms with Crippen LogP contribution in [0.25, 0.3) is 0 Å². The molecule has 0 unspecified atom stereocenters. The number of halogens is 1. The number of aromatic nitrogens is 1. The van der Waals surface area contributed by atoms with Crippen molar-refractivity contribution in [3.05, 3.63) is 58.0 Å². The van der Waals surface area contributed by atoms with Crippen molar-refractivity contribution in [3.8, 4) is 11.5 Å². The van der Waals surface area contributed by atoms with Gasteiger partial charge in [-0.3, -0.25) is 4.79 Å². The van der Waals surface area contributed by atoms with Crippen molar-refractivity contribution in [3.63, 3.8) is 0 Å². The lowest BCUT2D eigenvalue weighted by Gasteiger charge is -2.12. The van der Waals surface area contributed by atoms with Gasteiger partial charge in [0, 0.05) is 25.1 Å². The van der Waals surface area contributed by atoms with Gasteiger partial charge in [0.1, 0.15) is 0 Å². The second-order valence-corrected chi connectivity index (χ2v) is 5.49. The molecule has 1 aromatic carbocycles. The number of carbonyl (C=O) groups is 1. The van der Waals surface area contributed by atoms with Crippen LogP contribution in [-0.4, -0.2) is 19.1 Å². The fourth-order valence-corrected chi connectivity index (χ4v) is 2.52. The quantitative estimate of drug-likeness (QED) is 0.688. The Labute approximate surface area is 138 Å². The van der Waals surface area contributed by atoms with Crippen molar-refractivity contribution in [2.24, 2.45) is 0 Å². The van der Waals surface area contributed by atoms with Crippen LogP contribution in [-0.2, 0) is 6.54 Å². The van der Waals surface area contributed by atoms with Gasteiger partial charge in [0.05, 0.1) is 23.8 Å². The minimum Gasteiger partial charge on any atom is -0.619 e. The van der Waals surface area contributed by atoms with Gasteiger partial charge in [0.25, 0.3) is 5.91 Å². The molecule has 2 heterocycles. The Bertz CT molecular complexity index is 719. The third kappa shape index (κ3) is 3.65. The summed E-state index contributed by atoms with van der Waals surface area (Å²) in [5, 5.41) is 14.2. The molecule has 6 nitrogen and oxygen atoms in total. The van der Waals surface area contributed by atoms with Gasteiger partial charge in [-0.1, -0.05) is 11.6 Å². The fraction of sp³-hybridized carbons (Fsp3) is 0.250. The lowest BCUT2D eigenvalue weighted by atomic mass is 10.2. The van der Waals surface area contributed by atoms with Crippen molar-refractivity contribution in [1.29, 1.82) is 0 Å². The van der Waals surface area contributed by atoms with E-state index in [4.69, 9.17) is 21.1 Å². The molecular formula is C16H15ClN2O4. The van der Waals surface area contributed by atoms with E-state index in [0.29, 0.717) is 46.6 Å². The van der Waals surface area contributed by atoms with E-state index < -0.39 is 0 Å². The molecule has 1 aromatic heterocycles. The maximum atomic E-state index is 12.0. The second-order valence-electron chi connectivity index (χ2n) is 5.08. The van der Waals surface area contributed by atoms with Gasteiger partial charge in [-0.2, -0.15) is 4.73 Å². The highest BCUT2D eigenvalue weighted by Crippen LogP contribution is 2.37. The molecule has 0 atom stereocenters. The highest BCUT2D eigenvalue weighted by Gasteiger charge is 2.16. The Morgan fingerprint density at radius 2 is 2.00 bits per heavy atom. The number of fused-ring (bicyclic) bond motifs is 1. The van der Waals surface area contributed by atoms with E-state index in [1.807, 2.05) is 6.07 Å². The van der Waals surface area contributed by atoms with Crippen LogP contribution in [0.3, 0.4) is 0 Å². The third-order valence-electron chi connectivity index (χ3n) is 3.38. The van der Waals surface area contributed by atoms with E-state index in [1.165, 1.54) is 24.5 Å². The number of pyridine rings is 1. The first-order chi connectivity index (χ1) is 11.1. The number of ether oxygens (including phenoxy) is 2. The van der Waals surface area contributed by atoms with Gasteiger partial charge in [-0.15, -0.1) is 0 Å². The van der Waals surface area contributed by atoms with Crippen LogP contribution in [0, 0.1) is 5.21 Å². The SMILES string of the molecule is O=C(NCc1cc(Cl)c2c(c1)OCCCO2)c1cc[n+]([O-])cc1. The number of rotatable bonds is 3. The normalized spacial score (nSPS) is 13.3. The summed E-state index contributed by atoms with van der Waals surface area (Å²) in [6, 6.07) is 6.47. The molecule has 0 fully saturated rings. The van der Waals surface area contributed by atoms with Crippen LogP contribution in [0.15, 0.2) is 36.7 Å². The Morgan fingerprint density at radius 3 is 2.78 bits per heavy atom. The van der Waals surface area contributed by atoms with Crippen LogP contribution in [0.5, 0.6) is 11.5 Å². The van der Waals surface area contributed by atoms with E-state index in [1.54, 1.807) is 6.07 Å². The summed E-state index contributed by atoms with van der Waals surface area (Å²) < 4.78 is 11.8. The topological polar surface area (TPSA) is 74.5 Å². The lowest BCUT2D eigenvalue weighted by molar-refractivity contribution is -0.605. The van der Waals surface area contributed by atoms with E-state index >= 15 is 0 Å². The number of nitrogens with one attached hydrogen (secondary N) is 1. The van der Waals surface area contributed by atoms with Crippen molar-refractivity contribution in [2.75, 3.05) is 13.2 Å². The monoisotopic (exact) mass is 334 g/mol. The summed E-state index contributed by atoms with van der Waals surface area (Å²) in [5.74, 6) is 0.863. The molecule has 1 amide bonds. The van der Waals surface area contributed by atoms with Gasteiger partial charge in [0.2, 0.25) is 0 Å². The summed E-state index contributed by atoms with van der Waals surface area (Å²) in [6.45, 7) is 1.43. The second kappa shape index (κ2) is 6.75. The van der Waals surface area contributed by atoms with Crippen LogP contribution in [0.1, 0.15) is 22.3 Å². The summed E-state index contributed by atoms with van der Waals surface area (Å²) in [4.78, 5) is 12.0. The van der Waals surface area contributed by atoms with E-state index in [-0.39, 0.29) is 5.91 Å². The molecule has 1 aliphatic rings. The first kappa shape index (κ1) is 15.4. The summed E-state index contributed by atoms with van der Waals surface area (Å²) in [6.07, 6.45) is 3.35. The zero-order chi connectivity index (χ0) is 16.2. The Morgan fingerprint density at radius 1 is 1.26 bits per heavy atom. The van der Waals surface area contributed by atoms with Gasteiger partial charge >= 0.3 is 0 Å². The molecule has 1 aliphatic heterocycles. The molecule has 7 heteroatoms. The maximum absolute atomic E-state index is 12.0. The Hall–Kier alpha value is -2.47. The van der Waals surface area contributed by atoms with Crippen molar-refractivity contribution < 1.29 is 19.0 Å². The zero-order valence-electron chi connectivity index (χ0n) is 12.3. The molecular weight excluding hydrogens is 320 g/mol. The highest BCUT2D eigenvalue weighted by molar-refractivity contribution is 6.32. The number of amides is 1. The molecule has 0 aliphatic carbocycles. The smallest absolute Gasteiger partial charge is 0.252 e. The number of hydrogen-bond donors (Lipinski definition) is 1. The van der Waals surface area contributed by atoms with Crippen LogP contribution in [0.2, 0.25) is 5.02 Å². The van der Waals surface area contributed by atoms with Gasteiger partial charge in [-0.25, -0.2) is 0 Å². The molecule has 1 N–H and O–H groups in total. The summed E-state index contributed by atoms with van der Waals surface area (Å²) in [7, 11) is 0. The van der Waals surface area contributed by atoms with E-state index in [2.05, 4.69) is 5.32 Å². The number of hydrogen-bond acceptors (Lipinski definition) is 4. The zero-order valence-corrected chi connectivity index (χ0v) is 13.0. The van der Waals surface area contributed by atoms with Gasteiger partial charge < -0.3 is 20.0 Å². The minimum atomic E-state index is -0.270. The molecule has 0 radical (unpaired) electrons. The molecule has 23 heavy (non-hydrogen) atoms. The van der Waals surface area contributed by atoms with E-state index in [9.17, 15) is 10.0 Å². The summed E-state index contributed by atoms with van der Waals surface area (Å²) >= 11 is 6.21. The average Bonchev–Trinajstić information content (AvgIpc) is 2.79. The van der Waals surface area contributed by atoms with Crippen molar-refractivity contribution in [1.82, 2.24) is 5.32 Å². The first-order valence-corrected chi connectivity index (χ1v) is 7.56. The number of carbonyl (C=O) groups excluding carboxylic acids is 1. The fourth-order valence-electron chi connectivity index (χ4n) is 2.23. The van der Waals surface area contributed by atoms with Crippen molar-refractivity contribution >= 4 is 17.5 Å². The molecule has 0 bridgehead atoms. The predicted molar refractivity (Wildman–Crippen MR) is 83.6 cm³/mol. The lowest BCUT2D eigenvalue weighted by Crippen LogP contribution is -2.27. The van der Waals surface area contributed by atoms with Gasteiger partial charge in [0.15, 0.2) is 23.9 Å². The van der Waals surface area contributed by atoms with Crippen LogP contribution in [0.4, 0.5) is 0 Å². The highest BCUT2D eigenvalue weighted by atomic mass is 35.5. The molecule has 120 valence electrons. The molecule has 3 rings (SSSR count). The number of nitrogens with zero attached hydrogens (tertiary/aromatic N) is 1. The standard InChI is InChI=1S/C16H15ClN2O4/c17-13-8-11(9-14-15(13)23-7-1-6-22-14)10-18-16(20)12-2-4-19(21)5-3-12/h2-5,8-9H,1,6-7,10H2,(H,18,20). The first-order valence-electron chi connectivity index (χ1n) is 7.18. The molecule has 0 saturated heterocycles. The van der Waals surface area contributed by atoms with Crippen LogP contribution >= 0.6 is 11.6 Å². The molecule has 2 aromatic rings. The number of benzene rings is 1. The third-order valence-corrected chi connectivity index (χ3v) is 3.66. The molecule has 0 spiro atoms. The van der Waals surface area contributed by atoms with Gasteiger partial charge in [-0.05, 0) is 17.7 Å². The average molecular weight is 335 g/mol. The van der Waals surface area contributed by atoms with Crippen molar-refractivity contribution in [2.45, 2.75) is 13.0 Å². The van der Waals surface area contributed by atoms with E-state index in [0.717, 1.165) is 12.0 Å². The Balaban J connectivity index is 1.71. The largest absolute Gasteiger partial charge is 0.619 e. The Kier molecular flexibility index (Phi) is 4.52. The molecule has 0 saturated carbocycles. The minimum absolute atomic E-state index is 0.270. The van der Waals surface area contributed by atoms with Crippen LogP contribution < -0.4 is 19.5 Å². The predicted octanol–water partition coefficient (Wildman–Crippen LogP) is 2.06. The maximum Gasteiger partial charge on any atom is 0.252 e.